The first kappa shape index (κ1) is 20.1. The van der Waals surface area contributed by atoms with E-state index in [0.717, 1.165) is 34.5 Å². The molecule has 21 heavy (non-hydrogen) atoms. The van der Waals surface area contributed by atoms with E-state index in [1.807, 2.05) is 46.8 Å². The normalized spacial score (nSPS) is 13.7. The fourth-order valence-corrected chi connectivity index (χ4v) is 2.87. The van der Waals surface area contributed by atoms with E-state index in [4.69, 9.17) is 16.3 Å². The van der Waals surface area contributed by atoms with Crippen molar-refractivity contribution in [2.45, 2.75) is 60.3 Å². The SMILES string of the molecule is CC.CC.COc1c(C)cc(Cl)cc1NCC1CCCC1. The number of ether oxygens (including phenoxy) is 1. The molecule has 1 aromatic rings. The first-order valence-corrected chi connectivity index (χ1v) is 8.66. The molecular formula is C18H32ClNO. The maximum Gasteiger partial charge on any atom is 0.144 e. The van der Waals surface area contributed by atoms with Crippen molar-refractivity contribution < 1.29 is 4.74 Å². The number of anilines is 1. The molecule has 0 bridgehead atoms. The van der Waals surface area contributed by atoms with Crippen LogP contribution in [-0.2, 0) is 0 Å². The standard InChI is InChI=1S/C14H20ClNO.2C2H6/c1-10-7-12(15)8-13(14(10)17-2)16-9-11-5-3-4-6-11;2*1-2/h7-8,11,16H,3-6,9H2,1-2H3;2*1-2H3. The third kappa shape index (κ3) is 6.60. The Labute approximate surface area is 136 Å². The van der Waals surface area contributed by atoms with Crippen LogP contribution in [0.3, 0.4) is 0 Å². The third-order valence-corrected chi connectivity index (χ3v) is 3.72. The number of benzene rings is 1. The molecule has 3 heteroatoms. The van der Waals surface area contributed by atoms with Gasteiger partial charge in [-0.3, -0.25) is 0 Å². The van der Waals surface area contributed by atoms with Crippen LogP contribution in [0.4, 0.5) is 5.69 Å². The Kier molecular flexibility index (Phi) is 11.2. The minimum Gasteiger partial charge on any atom is -0.494 e. The summed E-state index contributed by atoms with van der Waals surface area (Å²) in [4.78, 5) is 0. The summed E-state index contributed by atoms with van der Waals surface area (Å²) in [6.07, 6.45) is 5.43. The van der Waals surface area contributed by atoms with Crippen LogP contribution in [0.5, 0.6) is 5.75 Å². The van der Waals surface area contributed by atoms with Gasteiger partial charge >= 0.3 is 0 Å². The molecule has 1 N–H and O–H groups in total. The van der Waals surface area contributed by atoms with E-state index < -0.39 is 0 Å². The minimum atomic E-state index is 0.761. The lowest BCUT2D eigenvalue weighted by atomic mass is 10.1. The Hall–Kier alpha value is -0.890. The highest BCUT2D eigenvalue weighted by atomic mass is 35.5. The molecule has 1 saturated carbocycles. The summed E-state index contributed by atoms with van der Waals surface area (Å²) in [5, 5.41) is 4.24. The molecule has 0 aromatic heterocycles. The zero-order valence-electron chi connectivity index (χ0n) is 14.6. The zero-order valence-corrected chi connectivity index (χ0v) is 15.3. The van der Waals surface area contributed by atoms with Crippen LogP contribution < -0.4 is 10.1 Å². The summed E-state index contributed by atoms with van der Waals surface area (Å²) in [7, 11) is 1.71. The van der Waals surface area contributed by atoms with Crippen LogP contribution in [0, 0.1) is 12.8 Å². The van der Waals surface area contributed by atoms with Crippen LogP contribution in [0.2, 0.25) is 5.02 Å². The van der Waals surface area contributed by atoms with Crippen molar-refractivity contribution in [1.29, 1.82) is 0 Å². The highest BCUT2D eigenvalue weighted by Crippen LogP contribution is 2.33. The number of halogens is 1. The highest BCUT2D eigenvalue weighted by molar-refractivity contribution is 6.31. The lowest BCUT2D eigenvalue weighted by molar-refractivity contribution is 0.413. The summed E-state index contributed by atoms with van der Waals surface area (Å²) in [6.45, 7) is 11.0. The van der Waals surface area contributed by atoms with E-state index in [0.29, 0.717) is 0 Å². The Morgan fingerprint density at radius 2 is 1.71 bits per heavy atom. The minimum absolute atomic E-state index is 0.761. The van der Waals surface area contributed by atoms with Gasteiger partial charge in [-0.2, -0.15) is 0 Å². The van der Waals surface area contributed by atoms with Gasteiger partial charge in [-0.05, 0) is 43.4 Å². The van der Waals surface area contributed by atoms with E-state index >= 15 is 0 Å². The van der Waals surface area contributed by atoms with Gasteiger partial charge in [0, 0.05) is 11.6 Å². The lowest BCUT2D eigenvalue weighted by Crippen LogP contribution is -2.11. The second-order valence-electron chi connectivity index (χ2n) is 4.83. The van der Waals surface area contributed by atoms with Crippen molar-refractivity contribution in [2.24, 2.45) is 5.92 Å². The first-order valence-electron chi connectivity index (χ1n) is 8.28. The molecule has 0 radical (unpaired) electrons. The van der Waals surface area contributed by atoms with Crippen LogP contribution in [0.15, 0.2) is 12.1 Å². The molecule has 2 nitrogen and oxygen atoms in total. The third-order valence-electron chi connectivity index (χ3n) is 3.50. The predicted octanol–water partition coefficient (Wildman–Crippen LogP) is 6.31. The molecule has 1 fully saturated rings. The van der Waals surface area contributed by atoms with Gasteiger partial charge < -0.3 is 10.1 Å². The average Bonchev–Trinajstić information content (AvgIpc) is 3.02. The number of aryl methyl sites for hydroxylation is 1. The summed E-state index contributed by atoms with van der Waals surface area (Å²) >= 11 is 6.08. The Bertz CT molecular complexity index is 387. The van der Waals surface area contributed by atoms with Gasteiger partial charge in [0.25, 0.3) is 0 Å². The molecule has 2 rings (SSSR count). The predicted molar refractivity (Wildman–Crippen MR) is 95.9 cm³/mol. The average molecular weight is 314 g/mol. The summed E-state index contributed by atoms with van der Waals surface area (Å²) in [6, 6.07) is 3.88. The van der Waals surface area contributed by atoms with Crippen molar-refractivity contribution in [2.75, 3.05) is 19.0 Å². The fourth-order valence-electron chi connectivity index (χ4n) is 2.60. The number of rotatable bonds is 4. The Balaban J connectivity index is 0.000000921. The van der Waals surface area contributed by atoms with E-state index in [1.165, 1.54) is 25.7 Å². The summed E-state index contributed by atoms with van der Waals surface area (Å²) in [5.74, 6) is 1.71. The van der Waals surface area contributed by atoms with Crippen molar-refractivity contribution in [3.63, 3.8) is 0 Å². The van der Waals surface area contributed by atoms with Gasteiger partial charge in [-0.15, -0.1) is 0 Å². The largest absolute Gasteiger partial charge is 0.494 e. The fraction of sp³-hybridized carbons (Fsp3) is 0.667. The van der Waals surface area contributed by atoms with Crippen molar-refractivity contribution in [3.8, 4) is 5.75 Å². The lowest BCUT2D eigenvalue weighted by Gasteiger charge is -2.16. The van der Waals surface area contributed by atoms with Crippen LogP contribution in [0.25, 0.3) is 0 Å². The van der Waals surface area contributed by atoms with Crippen molar-refractivity contribution in [1.82, 2.24) is 0 Å². The maximum atomic E-state index is 6.08. The van der Waals surface area contributed by atoms with E-state index in [1.54, 1.807) is 7.11 Å². The second-order valence-corrected chi connectivity index (χ2v) is 5.27. The monoisotopic (exact) mass is 313 g/mol. The second kappa shape index (κ2) is 11.7. The van der Waals surface area contributed by atoms with Gasteiger partial charge in [0.1, 0.15) is 5.75 Å². The number of nitrogens with one attached hydrogen (secondary N) is 1. The Morgan fingerprint density at radius 3 is 2.24 bits per heavy atom. The van der Waals surface area contributed by atoms with Crippen molar-refractivity contribution in [3.05, 3.63) is 22.7 Å². The highest BCUT2D eigenvalue weighted by Gasteiger charge is 2.16. The molecule has 122 valence electrons. The molecule has 0 amide bonds. The number of hydrogen-bond donors (Lipinski definition) is 1. The van der Waals surface area contributed by atoms with Gasteiger partial charge in [0.2, 0.25) is 0 Å². The van der Waals surface area contributed by atoms with Crippen LogP contribution in [-0.4, -0.2) is 13.7 Å². The molecule has 1 aliphatic rings. The molecule has 0 spiro atoms. The molecule has 0 unspecified atom stereocenters. The van der Waals surface area contributed by atoms with Crippen LogP contribution in [0.1, 0.15) is 58.9 Å². The quantitative estimate of drug-likeness (QED) is 0.703. The summed E-state index contributed by atoms with van der Waals surface area (Å²) in [5.41, 5.74) is 2.10. The topological polar surface area (TPSA) is 21.3 Å². The van der Waals surface area contributed by atoms with E-state index in [2.05, 4.69) is 5.32 Å². The molecule has 0 saturated heterocycles. The molecule has 0 atom stereocenters. The molecule has 1 aliphatic carbocycles. The zero-order chi connectivity index (χ0) is 16.3. The van der Waals surface area contributed by atoms with E-state index in [-0.39, 0.29) is 0 Å². The number of methoxy groups -OCH3 is 1. The Morgan fingerprint density at radius 1 is 1.14 bits per heavy atom. The van der Waals surface area contributed by atoms with E-state index in [9.17, 15) is 0 Å². The molecular weight excluding hydrogens is 282 g/mol. The number of hydrogen-bond acceptors (Lipinski definition) is 2. The smallest absolute Gasteiger partial charge is 0.144 e. The molecule has 1 aromatic carbocycles. The van der Waals surface area contributed by atoms with Gasteiger partial charge in [-0.1, -0.05) is 52.1 Å². The molecule has 0 heterocycles. The van der Waals surface area contributed by atoms with Gasteiger partial charge in [0.15, 0.2) is 0 Å². The van der Waals surface area contributed by atoms with Crippen LogP contribution >= 0.6 is 11.6 Å². The first-order chi connectivity index (χ1) is 10.2. The van der Waals surface area contributed by atoms with Gasteiger partial charge in [-0.25, -0.2) is 0 Å². The van der Waals surface area contributed by atoms with Gasteiger partial charge in [0.05, 0.1) is 12.8 Å². The van der Waals surface area contributed by atoms with Crippen molar-refractivity contribution >= 4 is 17.3 Å². The molecule has 0 aliphatic heterocycles. The summed E-state index contributed by atoms with van der Waals surface area (Å²) < 4.78 is 5.43. The maximum absolute atomic E-state index is 6.08.